The molecule has 0 spiro atoms. The summed E-state index contributed by atoms with van der Waals surface area (Å²) in [5, 5.41) is 11.2. The van der Waals surface area contributed by atoms with E-state index < -0.39 is 5.60 Å². The van der Waals surface area contributed by atoms with E-state index in [-0.39, 0.29) is 0 Å². The summed E-state index contributed by atoms with van der Waals surface area (Å²) in [6, 6.07) is 21.2. The smallest absolute Gasteiger partial charge is 0.146 e. The number of aromatic nitrogens is 2. The summed E-state index contributed by atoms with van der Waals surface area (Å²) < 4.78 is 5.77. The van der Waals surface area contributed by atoms with Crippen LogP contribution in [0.2, 0.25) is 5.02 Å². The summed E-state index contributed by atoms with van der Waals surface area (Å²) >= 11 is 5.90. The highest BCUT2D eigenvalue weighted by Gasteiger charge is 2.20. The van der Waals surface area contributed by atoms with Crippen molar-refractivity contribution >= 4 is 22.6 Å². The van der Waals surface area contributed by atoms with Crippen molar-refractivity contribution in [1.29, 1.82) is 0 Å². The summed E-state index contributed by atoms with van der Waals surface area (Å²) in [6.07, 6.45) is 0. The minimum Gasteiger partial charge on any atom is -0.486 e. The molecule has 0 amide bonds. The zero-order valence-corrected chi connectivity index (χ0v) is 16.5. The van der Waals surface area contributed by atoms with Crippen LogP contribution in [0, 0.1) is 0 Å². The van der Waals surface area contributed by atoms with Crippen LogP contribution < -0.4 is 4.74 Å². The van der Waals surface area contributed by atoms with E-state index in [9.17, 15) is 5.11 Å². The van der Waals surface area contributed by atoms with E-state index in [2.05, 4.69) is 9.97 Å². The Kier molecular flexibility index (Phi) is 4.84. The molecule has 0 aliphatic heterocycles. The van der Waals surface area contributed by atoms with Crippen molar-refractivity contribution in [2.75, 3.05) is 0 Å². The van der Waals surface area contributed by atoms with Crippen LogP contribution in [0.25, 0.3) is 22.2 Å². The predicted octanol–water partition coefficient (Wildman–Crippen LogP) is 5.69. The van der Waals surface area contributed by atoms with Crippen LogP contribution in [0.4, 0.5) is 0 Å². The van der Waals surface area contributed by atoms with Crippen molar-refractivity contribution in [3.05, 3.63) is 83.1 Å². The lowest BCUT2D eigenvalue weighted by molar-refractivity contribution is 0.0792. The molecular formula is C23H21ClN2O2. The molecule has 4 aromatic rings. The monoisotopic (exact) mass is 392 g/mol. The molecule has 0 radical (unpaired) electrons. The average Bonchev–Trinajstić information content (AvgIpc) is 3.09. The van der Waals surface area contributed by atoms with Crippen molar-refractivity contribution in [3.8, 4) is 16.9 Å². The molecule has 0 saturated carbocycles. The van der Waals surface area contributed by atoms with Gasteiger partial charge in [0.2, 0.25) is 0 Å². The number of nitrogens with zero attached hydrogens (tertiary/aromatic N) is 1. The van der Waals surface area contributed by atoms with Gasteiger partial charge in [-0.25, -0.2) is 4.98 Å². The Morgan fingerprint density at radius 3 is 2.54 bits per heavy atom. The van der Waals surface area contributed by atoms with Gasteiger partial charge >= 0.3 is 0 Å². The highest BCUT2D eigenvalue weighted by molar-refractivity contribution is 6.30. The number of rotatable bonds is 5. The van der Waals surface area contributed by atoms with Crippen molar-refractivity contribution in [1.82, 2.24) is 9.97 Å². The number of imidazole rings is 1. The van der Waals surface area contributed by atoms with Gasteiger partial charge in [0.25, 0.3) is 0 Å². The lowest BCUT2D eigenvalue weighted by Gasteiger charge is -2.21. The second-order valence-electron chi connectivity index (χ2n) is 7.26. The lowest BCUT2D eigenvalue weighted by Crippen LogP contribution is -2.16. The molecule has 28 heavy (non-hydrogen) atoms. The molecule has 3 aromatic carbocycles. The van der Waals surface area contributed by atoms with Crippen LogP contribution in [0.1, 0.15) is 25.2 Å². The summed E-state index contributed by atoms with van der Waals surface area (Å²) in [5.41, 5.74) is 3.78. The van der Waals surface area contributed by atoms with Crippen LogP contribution in [-0.4, -0.2) is 15.1 Å². The average molecular weight is 393 g/mol. The van der Waals surface area contributed by atoms with Crippen LogP contribution >= 0.6 is 11.6 Å². The molecule has 0 unspecified atom stereocenters. The topological polar surface area (TPSA) is 58.1 Å². The maximum atomic E-state index is 10.5. The molecule has 0 atom stereocenters. The second-order valence-corrected chi connectivity index (χ2v) is 7.70. The molecule has 0 saturated heterocycles. The maximum absolute atomic E-state index is 10.5. The Bertz CT molecular complexity index is 1110. The molecule has 1 heterocycles. The number of halogens is 1. The summed E-state index contributed by atoms with van der Waals surface area (Å²) in [5.74, 6) is 1.49. The van der Waals surface area contributed by atoms with Crippen LogP contribution in [-0.2, 0) is 12.2 Å². The van der Waals surface area contributed by atoms with Gasteiger partial charge in [-0.1, -0.05) is 41.9 Å². The molecule has 0 aliphatic rings. The molecule has 5 heteroatoms. The van der Waals surface area contributed by atoms with Crippen LogP contribution in [0.15, 0.2) is 66.7 Å². The highest BCUT2D eigenvalue weighted by Crippen LogP contribution is 2.32. The molecule has 4 nitrogen and oxygen atoms in total. The van der Waals surface area contributed by atoms with E-state index in [1.165, 1.54) is 0 Å². The Morgan fingerprint density at radius 2 is 1.79 bits per heavy atom. The Labute approximate surface area is 168 Å². The van der Waals surface area contributed by atoms with E-state index in [1.54, 1.807) is 26.0 Å². The summed E-state index contributed by atoms with van der Waals surface area (Å²) in [4.78, 5) is 7.94. The van der Waals surface area contributed by atoms with Gasteiger partial charge in [0.15, 0.2) is 0 Å². The first-order chi connectivity index (χ1) is 13.4. The number of hydrogen-bond donors (Lipinski definition) is 2. The third-order valence-electron chi connectivity index (χ3n) is 4.62. The molecule has 1 aromatic heterocycles. The standard InChI is InChI=1S/C23H21ClN2O2/c1-23(2,27)19-6-4-3-5-18(19)15-7-12-20-21(13-15)26-22(25-20)14-28-17-10-8-16(24)9-11-17/h3-13,27H,14H2,1-2H3,(H,25,26). The first kappa shape index (κ1) is 18.5. The third kappa shape index (κ3) is 3.88. The van der Waals surface area contributed by atoms with E-state index in [0.717, 1.165) is 39.3 Å². The number of hydrogen-bond acceptors (Lipinski definition) is 3. The number of ether oxygens (including phenoxy) is 1. The fourth-order valence-corrected chi connectivity index (χ4v) is 3.37. The SMILES string of the molecule is CC(C)(O)c1ccccc1-c1ccc2[nH]c(COc3ccc(Cl)cc3)nc2c1. The van der Waals surface area contributed by atoms with E-state index >= 15 is 0 Å². The molecule has 142 valence electrons. The van der Waals surface area contributed by atoms with Gasteiger partial charge in [-0.2, -0.15) is 0 Å². The lowest BCUT2D eigenvalue weighted by atomic mass is 9.89. The van der Waals surface area contributed by atoms with Gasteiger partial charge < -0.3 is 14.8 Å². The minimum absolute atomic E-state index is 0.339. The number of H-pyrrole nitrogens is 1. The zero-order valence-electron chi connectivity index (χ0n) is 15.7. The molecular weight excluding hydrogens is 372 g/mol. The Balaban J connectivity index is 1.61. The number of aromatic amines is 1. The normalized spacial score (nSPS) is 11.7. The zero-order chi connectivity index (χ0) is 19.7. The predicted molar refractivity (Wildman–Crippen MR) is 113 cm³/mol. The number of benzene rings is 3. The van der Waals surface area contributed by atoms with E-state index in [0.29, 0.717) is 11.6 Å². The molecule has 4 rings (SSSR count). The Morgan fingerprint density at radius 1 is 1.04 bits per heavy atom. The van der Waals surface area contributed by atoms with E-state index in [4.69, 9.17) is 16.3 Å². The van der Waals surface area contributed by atoms with Crippen molar-refractivity contribution in [2.24, 2.45) is 0 Å². The first-order valence-corrected chi connectivity index (χ1v) is 9.47. The van der Waals surface area contributed by atoms with Gasteiger partial charge in [-0.3, -0.25) is 0 Å². The number of aliphatic hydroxyl groups is 1. The van der Waals surface area contributed by atoms with Gasteiger partial charge in [0.05, 0.1) is 16.6 Å². The highest BCUT2D eigenvalue weighted by atomic mass is 35.5. The van der Waals surface area contributed by atoms with Crippen molar-refractivity contribution < 1.29 is 9.84 Å². The van der Waals surface area contributed by atoms with Gasteiger partial charge in [0, 0.05) is 5.02 Å². The van der Waals surface area contributed by atoms with Crippen LogP contribution in [0.5, 0.6) is 5.75 Å². The fourth-order valence-electron chi connectivity index (χ4n) is 3.25. The minimum atomic E-state index is -0.922. The van der Waals surface area contributed by atoms with Gasteiger partial charge in [-0.05, 0) is 66.9 Å². The quantitative estimate of drug-likeness (QED) is 0.458. The molecule has 2 N–H and O–H groups in total. The Hall–Kier alpha value is -2.82. The summed E-state index contributed by atoms with van der Waals surface area (Å²) in [7, 11) is 0. The van der Waals surface area contributed by atoms with Crippen LogP contribution in [0.3, 0.4) is 0 Å². The maximum Gasteiger partial charge on any atom is 0.146 e. The molecule has 0 aliphatic carbocycles. The summed E-state index contributed by atoms with van der Waals surface area (Å²) in [6.45, 7) is 3.93. The number of nitrogens with one attached hydrogen (secondary N) is 1. The largest absolute Gasteiger partial charge is 0.486 e. The molecule has 0 fully saturated rings. The third-order valence-corrected chi connectivity index (χ3v) is 4.87. The fraction of sp³-hybridized carbons (Fsp3) is 0.174. The number of fused-ring (bicyclic) bond motifs is 1. The van der Waals surface area contributed by atoms with Gasteiger partial charge in [0.1, 0.15) is 18.2 Å². The second kappa shape index (κ2) is 7.30. The van der Waals surface area contributed by atoms with Crippen molar-refractivity contribution in [3.63, 3.8) is 0 Å². The van der Waals surface area contributed by atoms with Gasteiger partial charge in [-0.15, -0.1) is 0 Å². The van der Waals surface area contributed by atoms with Crippen molar-refractivity contribution in [2.45, 2.75) is 26.1 Å². The van der Waals surface area contributed by atoms with E-state index in [1.807, 2.05) is 54.6 Å². The first-order valence-electron chi connectivity index (χ1n) is 9.09. The molecule has 0 bridgehead atoms.